The smallest absolute Gasteiger partial charge is 0.200 e. The van der Waals surface area contributed by atoms with Crippen LogP contribution in [0.15, 0.2) is 51.7 Å². The highest BCUT2D eigenvalue weighted by atomic mass is 32.2. The zero-order chi connectivity index (χ0) is 15.8. The largest absolute Gasteiger partial charge is 0.280 e. The minimum absolute atomic E-state index is 0.0568. The molecule has 1 aliphatic heterocycles. The summed E-state index contributed by atoms with van der Waals surface area (Å²) < 4.78 is 27.3. The first-order chi connectivity index (χ1) is 11.1. The molecular formula is C17H19N3O2S. The molecule has 5 rings (SSSR count). The highest BCUT2D eigenvalue weighted by Gasteiger charge is 2.63. The molecule has 6 heteroatoms. The molecule has 0 spiro atoms. The molecule has 3 aliphatic carbocycles. The Balaban J connectivity index is 1.52. The van der Waals surface area contributed by atoms with Gasteiger partial charge in [-0.05, 0) is 55.6 Å². The molecule has 2 bridgehead atoms. The van der Waals surface area contributed by atoms with Crippen LogP contribution in [0.5, 0.6) is 0 Å². The maximum absolute atomic E-state index is 13.0. The molecule has 0 aromatic heterocycles. The number of hydrogen-bond acceptors (Lipinski definition) is 4. The Labute approximate surface area is 136 Å². The molecule has 0 amide bonds. The van der Waals surface area contributed by atoms with Crippen molar-refractivity contribution in [2.75, 3.05) is 0 Å². The van der Waals surface area contributed by atoms with Crippen LogP contribution in [0.4, 0.5) is 0 Å². The van der Waals surface area contributed by atoms with Gasteiger partial charge in [0.15, 0.2) is 0 Å². The second-order valence-electron chi connectivity index (χ2n) is 7.25. The Kier molecular flexibility index (Phi) is 2.65. The van der Waals surface area contributed by atoms with Crippen LogP contribution in [0.25, 0.3) is 0 Å². The molecule has 1 aromatic rings. The first-order valence-electron chi connectivity index (χ1n) is 8.26. The van der Waals surface area contributed by atoms with Crippen LogP contribution in [-0.2, 0) is 10.0 Å². The summed E-state index contributed by atoms with van der Waals surface area (Å²) in [5, 5.41) is 8.48. The number of hydrogen-bond donors (Lipinski definition) is 0. The van der Waals surface area contributed by atoms with Crippen LogP contribution in [0.3, 0.4) is 0 Å². The van der Waals surface area contributed by atoms with E-state index in [1.807, 2.05) is 19.1 Å². The number of allylic oxidation sites excluding steroid dienone is 2. The van der Waals surface area contributed by atoms with Gasteiger partial charge in [-0.2, -0.15) is 17.9 Å². The minimum Gasteiger partial charge on any atom is -0.200 e. The molecule has 5 nitrogen and oxygen atoms in total. The summed E-state index contributed by atoms with van der Waals surface area (Å²) in [5.41, 5.74) is 1.05. The summed E-state index contributed by atoms with van der Waals surface area (Å²) >= 11 is 0. The van der Waals surface area contributed by atoms with Gasteiger partial charge >= 0.3 is 0 Å². The maximum Gasteiger partial charge on any atom is 0.280 e. The van der Waals surface area contributed by atoms with Crippen LogP contribution in [0.2, 0.25) is 0 Å². The van der Waals surface area contributed by atoms with Gasteiger partial charge in [-0.15, -0.1) is 0 Å². The molecule has 0 N–H and O–H groups in total. The molecule has 2 saturated carbocycles. The lowest BCUT2D eigenvalue weighted by atomic mass is 9.77. The third-order valence-corrected chi connectivity index (χ3v) is 7.85. The third-order valence-electron chi connectivity index (χ3n) is 6.17. The number of rotatable bonds is 2. The second-order valence-corrected chi connectivity index (χ2v) is 9.04. The van der Waals surface area contributed by atoms with Crippen LogP contribution in [0.1, 0.15) is 18.4 Å². The highest BCUT2D eigenvalue weighted by molar-refractivity contribution is 7.89. The zero-order valence-corrected chi connectivity index (χ0v) is 13.7. The molecule has 0 unspecified atom stereocenters. The van der Waals surface area contributed by atoms with Crippen molar-refractivity contribution in [3.63, 3.8) is 0 Å². The maximum atomic E-state index is 13.0. The van der Waals surface area contributed by atoms with E-state index in [4.69, 9.17) is 0 Å². The fourth-order valence-corrected chi connectivity index (χ4v) is 6.61. The predicted octanol–water partition coefficient (Wildman–Crippen LogP) is 2.95. The molecule has 120 valence electrons. The van der Waals surface area contributed by atoms with Crippen molar-refractivity contribution >= 4 is 10.0 Å². The van der Waals surface area contributed by atoms with E-state index >= 15 is 0 Å². The molecule has 0 radical (unpaired) electrons. The van der Waals surface area contributed by atoms with E-state index in [0.717, 1.165) is 18.4 Å². The van der Waals surface area contributed by atoms with E-state index in [0.29, 0.717) is 28.6 Å². The minimum atomic E-state index is -3.61. The van der Waals surface area contributed by atoms with Crippen molar-refractivity contribution in [2.45, 2.75) is 36.7 Å². The Hall–Kier alpha value is -1.69. The molecule has 2 fully saturated rings. The van der Waals surface area contributed by atoms with Gasteiger partial charge in [0.25, 0.3) is 10.0 Å². The quantitative estimate of drug-likeness (QED) is 0.783. The van der Waals surface area contributed by atoms with Gasteiger partial charge < -0.3 is 0 Å². The Morgan fingerprint density at radius 1 is 1.13 bits per heavy atom. The van der Waals surface area contributed by atoms with Crippen molar-refractivity contribution in [1.82, 2.24) is 4.41 Å². The van der Waals surface area contributed by atoms with Crippen LogP contribution in [0, 0.1) is 30.6 Å². The Bertz CT molecular complexity index is 815. The van der Waals surface area contributed by atoms with Crippen LogP contribution >= 0.6 is 0 Å². The van der Waals surface area contributed by atoms with Crippen molar-refractivity contribution < 1.29 is 8.42 Å². The van der Waals surface area contributed by atoms with E-state index in [2.05, 4.69) is 22.5 Å². The lowest BCUT2D eigenvalue weighted by Crippen LogP contribution is -2.46. The summed E-state index contributed by atoms with van der Waals surface area (Å²) in [7, 11) is -3.61. The standard InChI is InChI=1S/C17H19N3O2S/c1-10-5-7-11(8-6-10)23(21,22)20-17-15-9-14(16(17)18-19-20)12-3-2-4-13(12)15/h2,4-8,12-17H,3,9H2,1H3/t12-,13-,14+,15+,16-,17+/m1/s1. The normalized spacial score (nSPS) is 40.0. The molecule has 6 atom stereocenters. The van der Waals surface area contributed by atoms with Gasteiger partial charge in [0.1, 0.15) is 0 Å². The SMILES string of the molecule is Cc1ccc(S(=O)(=O)N2N=N[C@@H]3[C@H]4C[C@@H]([C@@H]5C=CC[C@H]54)[C@@H]32)cc1. The van der Waals surface area contributed by atoms with E-state index in [1.165, 1.54) is 4.41 Å². The first-order valence-corrected chi connectivity index (χ1v) is 9.70. The van der Waals surface area contributed by atoms with Crippen molar-refractivity contribution in [1.29, 1.82) is 0 Å². The van der Waals surface area contributed by atoms with Gasteiger partial charge in [-0.3, -0.25) is 0 Å². The highest BCUT2D eigenvalue weighted by Crippen LogP contribution is 2.60. The van der Waals surface area contributed by atoms with Crippen LogP contribution in [-0.4, -0.2) is 24.9 Å². The van der Waals surface area contributed by atoms with E-state index < -0.39 is 10.0 Å². The summed E-state index contributed by atoms with van der Waals surface area (Å²) in [5.74, 6) is 2.03. The predicted molar refractivity (Wildman–Crippen MR) is 85.0 cm³/mol. The molecule has 0 saturated heterocycles. The van der Waals surface area contributed by atoms with Crippen molar-refractivity contribution in [3.8, 4) is 0 Å². The second kappa shape index (κ2) is 4.44. The first kappa shape index (κ1) is 13.7. The number of fused-ring (bicyclic) bond motifs is 8. The lowest BCUT2D eigenvalue weighted by molar-refractivity contribution is 0.182. The number of nitrogens with zero attached hydrogens (tertiary/aromatic N) is 3. The van der Waals surface area contributed by atoms with Crippen molar-refractivity contribution in [3.05, 3.63) is 42.0 Å². The fourth-order valence-electron chi connectivity index (χ4n) is 5.17. The number of benzene rings is 1. The number of aryl methyl sites for hydroxylation is 1. The summed E-state index contributed by atoms with van der Waals surface area (Å²) in [4.78, 5) is 0.309. The molecule has 1 heterocycles. The monoisotopic (exact) mass is 329 g/mol. The van der Waals surface area contributed by atoms with Crippen molar-refractivity contribution in [2.24, 2.45) is 34.0 Å². The average molecular weight is 329 g/mol. The molecule has 4 aliphatic rings. The Morgan fingerprint density at radius 3 is 2.70 bits per heavy atom. The lowest BCUT2D eigenvalue weighted by Gasteiger charge is -2.34. The topological polar surface area (TPSA) is 62.1 Å². The van der Waals surface area contributed by atoms with E-state index in [1.54, 1.807) is 12.1 Å². The Morgan fingerprint density at radius 2 is 1.91 bits per heavy atom. The zero-order valence-electron chi connectivity index (χ0n) is 12.9. The average Bonchev–Trinajstić information content (AvgIpc) is 3.25. The molecule has 23 heavy (non-hydrogen) atoms. The third kappa shape index (κ3) is 1.70. The molecular weight excluding hydrogens is 310 g/mol. The van der Waals surface area contributed by atoms with Gasteiger partial charge in [0.05, 0.1) is 17.0 Å². The summed E-state index contributed by atoms with van der Waals surface area (Å²) in [6.45, 7) is 1.95. The van der Waals surface area contributed by atoms with Gasteiger partial charge in [0.2, 0.25) is 0 Å². The molecule has 1 aromatic carbocycles. The van der Waals surface area contributed by atoms with Crippen LogP contribution < -0.4 is 0 Å². The number of sulfonamides is 1. The van der Waals surface area contributed by atoms with E-state index in [9.17, 15) is 8.42 Å². The van der Waals surface area contributed by atoms with Gasteiger partial charge in [-0.1, -0.05) is 35.1 Å². The van der Waals surface area contributed by atoms with Gasteiger partial charge in [-0.25, -0.2) is 0 Å². The summed E-state index contributed by atoms with van der Waals surface area (Å²) in [6.07, 6.45) is 6.76. The van der Waals surface area contributed by atoms with E-state index in [-0.39, 0.29) is 12.1 Å². The fraction of sp³-hybridized carbons (Fsp3) is 0.529. The summed E-state index contributed by atoms with van der Waals surface area (Å²) in [6, 6.07) is 6.96. The van der Waals surface area contributed by atoms with Gasteiger partial charge in [0, 0.05) is 0 Å².